The highest BCUT2D eigenvalue weighted by atomic mass is 32.2. The van der Waals surface area contributed by atoms with E-state index in [2.05, 4.69) is 16.1 Å². The summed E-state index contributed by atoms with van der Waals surface area (Å²) in [5, 5.41) is 21.1. The quantitative estimate of drug-likeness (QED) is 0.365. The molecule has 0 aromatic heterocycles. The standard InChI is InChI=1S/C18H26N2O5S/c21-12-4-10-20-26(24,25)17-13-15(18(22)23)7-8-16(17)19-11-9-14-5-2-1-3-6-14/h5,7-8,13,19-21H,1-4,6,9-12H2,(H,22,23). The fourth-order valence-corrected chi connectivity index (χ4v) is 4.16. The average molecular weight is 382 g/mol. The smallest absolute Gasteiger partial charge is 0.335 e. The maximum atomic E-state index is 12.5. The van der Waals surface area contributed by atoms with Crippen LogP contribution in [0.15, 0.2) is 34.7 Å². The maximum absolute atomic E-state index is 12.5. The molecule has 8 heteroatoms. The van der Waals surface area contributed by atoms with E-state index in [9.17, 15) is 13.2 Å². The van der Waals surface area contributed by atoms with Crippen LogP contribution in [0.3, 0.4) is 0 Å². The Labute approximate surface area is 154 Å². The molecule has 0 unspecified atom stereocenters. The number of carboxylic acid groups (broad SMARTS) is 1. The van der Waals surface area contributed by atoms with E-state index in [1.807, 2.05) is 0 Å². The number of hydrogen-bond donors (Lipinski definition) is 4. The van der Waals surface area contributed by atoms with Gasteiger partial charge < -0.3 is 15.5 Å². The second kappa shape index (κ2) is 9.70. The van der Waals surface area contributed by atoms with Gasteiger partial charge in [-0.1, -0.05) is 11.6 Å². The number of allylic oxidation sites excluding steroid dienone is 1. The van der Waals surface area contributed by atoms with Gasteiger partial charge in [0.1, 0.15) is 4.90 Å². The zero-order valence-electron chi connectivity index (χ0n) is 14.7. The number of aromatic carboxylic acids is 1. The van der Waals surface area contributed by atoms with Gasteiger partial charge in [0.25, 0.3) is 0 Å². The minimum Gasteiger partial charge on any atom is -0.478 e. The third-order valence-electron chi connectivity index (χ3n) is 4.29. The average Bonchev–Trinajstić information content (AvgIpc) is 2.62. The highest BCUT2D eigenvalue weighted by Gasteiger charge is 2.20. The van der Waals surface area contributed by atoms with Gasteiger partial charge in [0.2, 0.25) is 10.0 Å². The zero-order valence-corrected chi connectivity index (χ0v) is 15.5. The minimum atomic E-state index is -3.88. The van der Waals surface area contributed by atoms with Crippen molar-refractivity contribution in [3.8, 4) is 0 Å². The minimum absolute atomic E-state index is 0.0858. The van der Waals surface area contributed by atoms with Crippen molar-refractivity contribution in [3.63, 3.8) is 0 Å². The molecule has 0 radical (unpaired) electrons. The van der Waals surface area contributed by atoms with E-state index in [0.717, 1.165) is 25.3 Å². The third kappa shape index (κ3) is 5.82. The monoisotopic (exact) mass is 382 g/mol. The second-order valence-electron chi connectivity index (χ2n) is 6.28. The molecule has 0 aliphatic heterocycles. The topological polar surface area (TPSA) is 116 Å². The lowest BCUT2D eigenvalue weighted by atomic mass is 9.97. The molecule has 0 saturated heterocycles. The van der Waals surface area contributed by atoms with Crippen molar-refractivity contribution in [2.45, 2.75) is 43.4 Å². The highest BCUT2D eigenvalue weighted by molar-refractivity contribution is 7.89. The van der Waals surface area contributed by atoms with E-state index in [1.54, 1.807) is 0 Å². The summed E-state index contributed by atoms with van der Waals surface area (Å²) in [5.41, 5.74) is 1.66. The van der Waals surface area contributed by atoms with Crippen LogP contribution < -0.4 is 10.0 Å². The van der Waals surface area contributed by atoms with Crippen LogP contribution in [-0.4, -0.2) is 44.3 Å². The number of hydrogen-bond acceptors (Lipinski definition) is 5. The number of carbonyl (C=O) groups is 1. The lowest BCUT2D eigenvalue weighted by Crippen LogP contribution is -2.26. The van der Waals surface area contributed by atoms with Gasteiger partial charge in [0.15, 0.2) is 0 Å². The van der Waals surface area contributed by atoms with Gasteiger partial charge in [0, 0.05) is 19.7 Å². The van der Waals surface area contributed by atoms with E-state index in [4.69, 9.17) is 10.2 Å². The van der Waals surface area contributed by atoms with Gasteiger partial charge in [0.05, 0.1) is 11.3 Å². The summed E-state index contributed by atoms with van der Waals surface area (Å²) in [6, 6.07) is 4.03. The number of carboxylic acids is 1. The van der Waals surface area contributed by atoms with Gasteiger partial charge in [-0.15, -0.1) is 0 Å². The Morgan fingerprint density at radius 3 is 2.65 bits per heavy atom. The van der Waals surface area contributed by atoms with E-state index >= 15 is 0 Å². The molecule has 0 heterocycles. The van der Waals surface area contributed by atoms with Crippen molar-refractivity contribution >= 4 is 21.7 Å². The number of anilines is 1. The maximum Gasteiger partial charge on any atom is 0.335 e. The molecular weight excluding hydrogens is 356 g/mol. The van der Waals surface area contributed by atoms with Crippen molar-refractivity contribution in [2.75, 3.05) is 25.0 Å². The Morgan fingerprint density at radius 2 is 2.00 bits per heavy atom. The zero-order chi connectivity index (χ0) is 19.0. The Morgan fingerprint density at radius 1 is 1.19 bits per heavy atom. The van der Waals surface area contributed by atoms with Crippen molar-refractivity contribution in [3.05, 3.63) is 35.4 Å². The third-order valence-corrected chi connectivity index (χ3v) is 5.79. The molecule has 144 valence electrons. The van der Waals surface area contributed by atoms with Crippen LogP contribution in [0.4, 0.5) is 5.69 Å². The first-order chi connectivity index (χ1) is 12.4. The summed E-state index contributed by atoms with van der Waals surface area (Å²) < 4.78 is 27.5. The van der Waals surface area contributed by atoms with Crippen LogP contribution in [0.1, 0.15) is 48.9 Å². The molecule has 0 atom stereocenters. The van der Waals surface area contributed by atoms with Crippen LogP contribution in [-0.2, 0) is 10.0 Å². The lowest BCUT2D eigenvalue weighted by molar-refractivity contribution is 0.0696. The first-order valence-corrected chi connectivity index (χ1v) is 10.3. The summed E-state index contributed by atoms with van der Waals surface area (Å²) >= 11 is 0. The highest BCUT2D eigenvalue weighted by Crippen LogP contribution is 2.24. The van der Waals surface area contributed by atoms with E-state index in [-0.39, 0.29) is 30.0 Å². The molecule has 0 amide bonds. The van der Waals surface area contributed by atoms with Crippen LogP contribution in [0.25, 0.3) is 0 Å². The molecule has 1 aliphatic carbocycles. The molecule has 0 spiro atoms. The molecular formula is C18H26N2O5S. The largest absolute Gasteiger partial charge is 0.478 e. The van der Waals surface area contributed by atoms with Crippen LogP contribution in [0, 0.1) is 0 Å². The van der Waals surface area contributed by atoms with Crippen molar-refractivity contribution in [2.24, 2.45) is 0 Å². The molecule has 0 bridgehead atoms. The van der Waals surface area contributed by atoms with Crippen LogP contribution >= 0.6 is 0 Å². The molecule has 1 aromatic rings. The fraction of sp³-hybridized carbons (Fsp3) is 0.500. The van der Waals surface area contributed by atoms with Gasteiger partial charge >= 0.3 is 5.97 Å². The Balaban J connectivity index is 2.15. The number of aliphatic hydroxyl groups is 1. The number of rotatable bonds is 10. The molecule has 0 fully saturated rings. The number of nitrogens with one attached hydrogen (secondary N) is 2. The van der Waals surface area contributed by atoms with Crippen molar-refractivity contribution in [1.29, 1.82) is 0 Å². The summed E-state index contributed by atoms with van der Waals surface area (Å²) in [7, 11) is -3.88. The Bertz CT molecular complexity index is 759. The van der Waals surface area contributed by atoms with Gasteiger partial charge in [-0.3, -0.25) is 0 Å². The molecule has 2 rings (SSSR count). The van der Waals surface area contributed by atoms with E-state index in [0.29, 0.717) is 12.2 Å². The molecule has 1 aliphatic rings. The van der Waals surface area contributed by atoms with Crippen LogP contribution in [0.2, 0.25) is 0 Å². The Kier molecular flexibility index (Phi) is 7.62. The fourth-order valence-electron chi connectivity index (χ4n) is 2.88. The normalized spacial score (nSPS) is 14.7. The van der Waals surface area contributed by atoms with Gasteiger partial charge in [-0.25, -0.2) is 17.9 Å². The van der Waals surface area contributed by atoms with E-state index < -0.39 is 16.0 Å². The lowest BCUT2D eigenvalue weighted by Gasteiger charge is -2.16. The van der Waals surface area contributed by atoms with Crippen molar-refractivity contribution in [1.82, 2.24) is 4.72 Å². The first kappa shape index (κ1) is 20.4. The predicted molar refractivity (Wildman–Crippen MR) is 100.0 cm³/mol. The SMILES string of the molecule is O=C(O)c1ccc(NCCC2=CCCCC2)c(S(=O)(=O)NCCCO)c1. The predicted octanol–water partition coefficient (Wildman–Crippen LogP) is 2.35. The first-order valence-electron chi connectivity index (χ1n) is 8.83. The molecule has 4 N–H and O–H groups in total. The summed E-state index contributed by atoms with van der Waals surface area (Å²) in [6.07, 6.45) is 7.94. The van der Waals surface area contributed by atoms with E-state index in [1.165, 1.54) is 30.5 Å². The summed E-state index contributed by atoms with van der Waals surface area (Å²) in [5.74, 6) is -1.18. The van der Waals surface area contributed by atoms with Gasteiger partial charge in [-0.05, 0) is 56.7 Å². The molecule has 7 nitrogen and oxygen atoms in total. The number of sulfonamides is 1. The van der Waals surface area contributed by atoms with Crippen molar-refractivity contribution < 1.29 is 23.4 Å². The van der Waals surface area contributed by atoms with Gasteiger partial charge in [-0.2, -0.15) is 0 Å². The summed E-state index contributed by atoms with van der Waals surface area (Å²) in [4.78, 5) is 11.1. The molecule has 1 aromatic carbocycles. The Hall–Kier alpha value is -1.90. The second-order valence-corrected chi connectivity index (χ2v) is 8.01. The molecule has 0 saturated carbocycles. The van der Waals surface area contributed by atoms with Crippen LogP contribution in [0.5, 0.6) is 0 Å². The number of benzene rings is 1. The number of aliphatic hydroxyl groups excluding tert-OH is 1. The summed E-state index contributed by atoms with van der Waals surface area (Å²) in [6.45, 7) is 0.539. The molecule has 26 heavy (non-hydrogen) atoms.